The van der Waals surface area contributed by atoms with Crippen LogP contribution in [0.3, 0.4) is 0 Å². The van der Waals surface area contributed by atoms with Crippen molar-refractivity contribution in [2.75, 3.05) is 54.1 Å². The van der Waals surface area contributed by atoms with Crippen LogP contribution >= 0.6 is 7.82 Å². The summed E-state index contributed by atoms with van der Waals surface area (Å²) in [6, 6.07) is 0. The van der Waals surface area contributed by atoms with E-state index in [2.05, 4.69) is 26.0 Å². The van der Waals surface area contributed by atoms with Crippen molar-refractivity contribution < 1.29 is 37.3 Å². The van der Waals surface area contributed by atoms with E-state index in [1.165, 1.54) is 199 Å². The first-order valence-corrected chi connectivity index (χ1v) is 27.4. The van der Waals surface area contributed by atoms with Gasteiger partial charge >= 0.3 is 13.8 Å². The maximum atomic E-state index is 12.7. The summed E-state index contributed by atoms with van der Waals surface area (Å²) in [5.41, 5.74) is 0. The highest BCUT2D eigenvalue weighted by molar-refractivity contribution is 7.47. The molecule has 0 bridgehead atoms. The van der Waals surface area contributed by atoms with Gasteiger partial charge in [-0.3, -0.25) is 13.8 Å². The van der Waals surface area contributed by atoms with Crippen LogP contribution in [0, 0.1) is 0 Å². The number of hydrogen-bond acceptors (Lipinski definition) is 6. The van der Waals surface area contributed by atoms with Crippen LogP contribution in [0.1, 0.15) is 251 Å². The second-order valence-corrected chi connectivity index (χ2v) is 20.4. The largest absolute Gasteiger partial charge is 0.472 e. The lowest BCUT2D eigenvalue weighted by molar-refractivity contribution is -0.870. The molecular weight excluding hydrogens is 770 g/mol. The molecule has 0 rings (SSSR count). The first-order valence-electron chi connectivity index (χ1n) is 25.9. The molecule has 8 nitrogen and oxygen atoms in total. The molecule has 0 spiro atoms. The third kappa shape index (κ3) is 48.3. The number of esters is 1. The second-order valence-electron chi connectivity index (χ2n) is 18.9. The Morgan fingerprint density at radius 3 is 1.27 bits per heavy atom. The first kappa shape index (κ1) is 59.2. The number of hydrogen-bond donors (Lipinski definition) is 1. The van der Waals surface area contributed by atoms with Gasteiger partial charge in [-0.2, -0.15) is 0 Å². The van der Waals surface area contributed by atoms with Crippen molar-refractivity contribution in [2.24, 2.45) is 0 Å². The van der Waals surface area contributed by atoms with Crippen molar-refractivity contribution in [2.45, 2.75) is 258 Å². The summed E-state index contributed by atoms with van der Waals surface area (Å²) in [4.78, 5) is 23.0. The Kier molecular flexibility index (Phi) is 44.3. The number of phosphoric ester groups is 1. The van der Waals surface area contributed by atoms with Gasteiger partial charge in [-0.05, 0) is 38.5 Å². The van der Waals surface area contributed by atoms with Crippen LogP contribution in [0.25, 0.3) is 0 Å². The maximum absolute atomic E-state index is 12.7. The molecule has 2 atom stereocenters. The highest BCUT2D eigenvalue weighted by Gasteiger charge is 2.26. The molecule has 0 saturated heterocycles. The predicted octanol–water partition coefficient (Wildman–Crippen LogP) is 15.8. The molecule has 2 unspecified atom stereocenters. The summed E-state index contributed by atoms with van der Waals surface area (Å²) >= 11 is 0. The second kappa shape index (κ2) is 44.8. The smallest absolute Gasteiger partial charge is 0.457 e. The zero-order chi connectivity index (χ0) is 44.1. The van der Waals surface area contributed by atoms with Gasteiger partial charge in [0.1, 0.15) is 19.3 Å². The normalized spacial score (nSPS) is 13.6. The molecule has 0 aromatic rings. The molecule has 0 radical (unpaired) electrons. The van der Waals surface area contributed by atoms with Crippen molar-refractivity contribution in [1.82, 2.24) is 0 Å². The van der Waals surface area contributed by atoms with E-state index >= 15 is 0 Å². The van der Waals surface area contributed by atoms with Gasteiger partial charge in [-0.1, -0.05) is 219 Å². The van der Waals surface area contributed by atoms with Gasteiger partial charge in [0, 0.05) is 13.0 Å². The zero-order valence-electron chi connectivity index (χ0n) is 40.7. The van der Waals surface area contributed by atoms with Crippen molar-refractivity contribution in [3.8, 4) is 0 Å². The monoisotopic (exact) mass is 873 g/mol. The number of allylic oxidation sites excluding steroid dienone is 2. The van der Waals surface area contributed by atoms with E-state index < -0.39 is 13.9 Å². The van der Waals surface area contributed by atoms with E-state index in [1.54, 1.807) is 0 Å². The van der Waals surface area contributed by atoms with Crippen molar-refractivity contribution in [3.05, 3.63) is 12.2 Å². The van der Waals surface area contributed by atoms with E-state index in [9.17, 15) is 14.3 Å². The van der Waals surface area contributed by atoms with E-state index in [4.69, 9.17) is 18.5 Å². The van der Waals surface area contributed by atoms with Gasteiger partial charge in [0.2, 0.25) is 0 Å². The standard InChI is InChI=1S/C51H102NO7P/c1-6-8-10-12-14-16-18-20-22-24-25-26-27-28-29-31-33-35-37-39-41-43-46-56-48-50(49-58-60(54,55)57-47-45-52(3,4)5)59-51(53)44-42-40-38-36-34-32-30-23-21-19-17-15-13-11-9-7-2/h24-25,50H,6-23,26-49H2,1-5H3/p+1/b25-24-. The molecule has 0 fully saturated rings. The fourth-order valence-electron chi connectivity index (χ4n) is 7.55. The number of quaternary nitrogens is 1. The maximum Gasteiger partial charge on any atom is 0.472 e. The van der Waals surface area contributed by atoms with Gasteiger partial charge in [-0.15, -0.1) is 0 Å². The third-order valence-corrected chi connectivity index (χ3v) is 12.6. The Morgan fingerprint density at radius 1 is 0.500 bits per heavy atom. The number of likely N-dealkylation sites (N-methyl/N-ethyl adjacent to an activating group) is 1. The molecule has 0 aromatic heterocycles. The first-order chi connectivity index (χ1) is 29.1. The SMILES string of the molecule is CCCCCCCCCC/C=C\CCCCCCCCCCCCOCC(COP(=O)(O)OCC[N+](C)(C)C)OC(=O)CCCCCCCCCCCCCCCCCC. The third-order valence-electron chi connectivity index (χ3n) is 11.6. The average molecular weight is 873 g/mol. The molecule has 60 heavy (non-hydrogen) atoms. The number of nitrogens with zero attached hydrogens (tertiary/aromatic N) is 1. The lowest BCUT2D eigenvalue weighted by Gasteiger charge is -2.24. The lowest BCUT2D eigenvalue weighted by Crippen LogP contribution is -2.37. The number of unbranched alkanes of at least 4 members (excludes halogenated alkanes) is 33. The lowest BCUT2D eigenvalue weighted by atomic mass is 10.0. The van der Waals surface area contributed by atoms with E-state index in [-0.39, 0.29) is 25.8 Å². The van der Waals surface area contributed by atoms with E-state index in [0.717, 1.165) is 32.1 Å². The summed E-state index contributed by atoms with van der Waals surface area (Å²) in [6.45, 7) is 5.68. The molecule has 0 aliphatic heterocycles. The Balaban J connectivity index is 4.08. The highest BCUT2D eigenvalue weighted by Crippen LogP contribution is 2.43. The average Bonchev–Trinajstić information content (AvgIpc) is 3.20. The van der Waals surface area contributed by atoms with Crippen LogP contribution in [0.15, 0.2) is 12.2 Å². The Bertz CT molecular complexity index is 972. The molecule has 0 saturated carbocycles. The molecule has 358 valence electrons. The van der Waals surface area contributed by atoms with Gasteiger partial charge < -0.3 is 18.9 Å². The molecule has 0 aliphatic carbocycles. The van der Waals surface area contributed by atoms with Crippen LogP contribution < -0.4 is 0 Å². The number of carbonyl (C=O) groups is 1. The minimum Gasteiger partial charge on any atom is -0.457 e. The Labute approximate surface area is 373 Å². The summed E-state index contributed by atoms with van der Waals surface area (Å²) in [5, 5.41) is 0. The van der Waals surface area contributed by atoms with Crippen molar-refractivity contribution in [3.63, 3.8) is 0 Å². The minimum atomic E-state index is -4.27. The molecule has 0 amide bonds. The summed E-state index contributed by atoms with van der Waals surface area (Å²) in [6.07, 6.45) is 51.1. The van der Waals surface area contributed by atoms with Crippen LogP contribution in [-0.2, 0) is 27.9 Å². The fourth-order valence-corrected chi connectivity index (χ4v) is 8.29. The Hall–Kier alpha value is -0.760. The number of rotatable bonds is 49. The quantitative estimate of drug-likeness (QED) is 0.0214. The molecule has 1 N–H and O–H groups in total. The van der Waals surface area contributed by atoms with Crippen LogP contribution in [0.5, 0.6) is 0 Å². The molecular formula is C51H103NO7P+. The van der Waals surface area contributed by atoms with Crippen molar-refractivity contribution >= 4 is 13.8 Å². The predicted molar refractivity (Wildman–Crippen MR) is 257 cm³/mol. The van der Waals surface area contributed by atoms with E-state index in [1.807, 2.05) is 21.1 Å². The highest BCUT2D eigenvalue weighted by atomic mass is 31.2. The minimum absolute atomic E-state index is 0.0921. The topological polar surface area (TPSA) is 91.3 Å². The molecule has 0 aromatic carbocycles. The van der Waals surface area contributed by atoms with Crippen LogP contribution in [-0.4, -0.2) is 75.6 Å². The molecule has 9 heteroatoms. The molecule has 0 aliphatic rings. The van der Waals surface area contributed by atoms with Crippen molar-refractivity contribution in [1.29, 1.82) is 0 Å². The van der Waals surface area contributed by atoms with Crippen LogP contribution in [0.2, 0.25) is 0 Å². The van der Waals surface area contributed by atoms with Gasteiger partial charge in [-0.25, -0.2) is 4.57 Å². The summed E-state index contributed by atoms with van der Waals surface area (Å²) in [5.74, 6) is -0.308. The van der Waals surface area contributed by atoms with Gasteiger partial charge in [0.25, 0.3) is 0 Å². The molecule has 0 heterocycles. The fraction of sp³-hybridized carbons (Fsp3) is 0.941. The Morgan fingerprint density at radius 2 is 0.867 bits per heavy atom. The zero-order valence-corrected chi connectivity index (χ0v) is 41.6. The van der Waals surface area contributed by atoms with Gasteiger partial charge in [0.15, 0.2) is 0 Å². The number of ether oxygens (including phenoxy) is 2. The summed E-state index contributed by atoms with van der Waals surface area (Å²) in [7, 11) is 1.68. The van der Waals surface area contributed by atoms with Crippen LogP contribution in [0.4, 0.5) is 0 Å². The number of carbonyl (C=O) groups excluding carboxylic acids is 1. The van der Waals surface area contributed by atoms with Gasteiger partial charge in [0.05, 0.1) is 34.4 Å². The van der Waals surface area contributed by atoms with E-state index in [0.29, 0.717) is 24.1 Å². The summed E-state index contributed by atoms with van der Waals surface area (Å²) < 4.78 is 35.2. The number of phosphoric acid groups is 1.